The van der Waals surface area contributed by atoms with E-state index in [-0.39, 0.29) is 11.8 Å². The van der Waals surface area contributed by atoms with Crippen molar-refractivity contribution < 1.29 is 9.90 Å². The van der Waals surface area contributed by atoms with Gasteiger partial charge in [-0.05, 0) is 48.4 Å². The minimum atomic E-state index is -0.671. The third kappa shape index (κ3) is 4.58. The minimum absolute atomic E-state index is 0.251. The van der Waals surface area contributed by atoms with Crippen LogP contribution in [-0.4, -0.2) is 24.2 Å². The van der Waals surface area contributed by atoms with Crippen LogP contribution in [0.2, 0.25) is 0 Å². The predicted molar refractivity (Wildman–Crippen MR) is 102 cm³/mol. The number of carboxylic acids is 1. The number of piperidine rings is 1. The smallest absolute Gasteiger partial charge is 0.308 e. The van der Waals surface area contributed by atoms with Crippen molar-refractivity contribution in [3.8, 4) is 11.1 Å². The molecule has 1 fully saturated rings. The average Bonchev–Trinajstić information content (AvgIpc) is 2.66. The van der Waals surface area contributed by atoms with Gasteiger partial charge in [-0.25, -0.2) is 0 Å². The molecule has 2 atom stereocenters. The predicted octanol–water partition coefficient (Wildman–Crippen LogP) is 4.46. The van der Waals surface area contributed by atoms with E-state index >= 15 is 0 Å². The van der Waals surface area contributed by atoms with Crippen molar-refractivity contribution in [3.63, 3.8) is 0 Å². The number of hydrogen-bond acceptors (Lipinski definition) is 2. The summed E-state index contributed by atoms with van der Waals surface area (Å²) >= 11 is 0. The van der Waals surface area contributed by atoms with Crippen molar-refractivity contribution >= 4 is 12.0 Å². The number of nitrogens with one attached hydrogen (secondary N) is 1. The molecule has 0 saturated carbocycles. The number of allylic oxidation sites excluding steroid dienone is 1. The molecule has 3 heteroatoms. The van der Waals surface area contributed by atoms with E-state index in [2.05, 4.69) is 66.0 Å². The molecule has 1 saturated heterocycles. The van der Waals surface area contributed by atoms with Crippen molar-refractivity contribution in [2.45, 2.75) is 19.3 Å². The summed E-state index contributed by atoms with van der Waals surface area (Å²) in [5.41, 5.74) is 3.64. The van der Waals surface area contributed by atoms with E-state index in [0.29, 0.717) is 6.54 Å². The minimum Gasteiger partial charge on any atom is -0.481 e. The van der Waals surface area contributed by atoms with E-state index in [1.165, 1.54) is 16.7 Å². The molecule has 130 valence electrons. The van der Waals surface area contributed by atoms with Crippen molar-refractivity contribution in [3.05, 3.63) is 66.2 Å². The van der Waals surface area contributed by atoms with Gasteiger partial charge < -0.3 is 10.4 Å². The maximum absolute atomic E-state index is 11.4. The number of carboxylic acid groups (broad SMARTS) is 1. The van der Waals surface area contributed by atoms with Crippen molar-refractivity contribution in [1.82, 2.24) is 5.32 Å². The third-order valence-corrected chi connectivity index (χ3v) is 4.99. The van der Waals surface area contributed by atoms with E-state index in [1.807, 2.05) is 6.07 Å². The molecule has 3 rings (SSSR count). The summed E-state index contributed by atoms with van der Waals surface area (Å²) < 4.78 is 0. The monoisotopic (exact) mass is 335 g/mol. The number of aliphatic carboxylic acids is 1. The Balaban J connectivity index is 1.64. The number of hydrogen-bond donors (Lipinski definition) is 2. The van der Waals surface area contributed by atoms with Crippen LogP contribution in [0.25, 0.3) is 17.2 Å². The fourth-order valence-electron chi connectivity index (χ4n) is 3.59. The summed E-state index contributed by atoms with van der Waals surface area (Å²) in [6.07, 6.45) is 7.15. The fraction of sp³-hybridized carbons (Fsp3) is 0.318. The SMILES string of the molecule is O=C(O)[C@H]1CNCC[C@@H]1CC/C=C/c1ccccc1-c1ccccc1. The van der Waals surface area contributed by atoms with Crippen LogP contribution >= 0.6 is 0 Å². The van der Waals surface area contributed by atoms with Gasteiger partial charge in [-0.3, -0.25) is 4.79 Å². The van der Waals surface area contributed by atoms with Crippen molar-refractivity contribution in [2.24, 2.45) is 11.8 Å². The van der Waals surface area contributed by atoms with Crippen molar-refractivity contribution in [2.75, 3.05) is 13.1 Å². The Morgan fingerprint density at radius 1 is 1.12 bits per heavy atom. The normalized spacial score (nSPS) is 20.6. The van der Waals surface area contributed by atoms with Gasteiger partial charge in [-0.2, -0.15) is 0 Å². The summed E-state index contributed by atoms with van der Waals surface area (Å²) in [6.45, 7) is 1.52. The summed E-state index contributed by atoms with van der Waals surface area (Å²) in [5, 5.41) is 12.5. The largest absolute Gasteiger partial charge is 0.481 e. The van der Waals surface area contributed by atoms with Gasteiger partial charge in [-0.1, -0.05) is 66.7 Å². The molecule has 1 heterocycles. The second-order valence-corrected chi connectivity index (χ2v) is 6.63. The summed E-state index contributed by atoms with van der Waals surface area (Å²) in [7, 11) is 0. The van der Waals surface area contributed by atoms with Crippen LogP contribution in [0.15, 0.2) is 60.7 Å². The lowest BCUT2D eigenvalue weighted by Crippen LogP contribution is -2.40. The molecule has 0 aliphatic carbocycles. The van der Waals surface area contributed by atoms with E-state index in [9.17, 15) is 9.90 Å². The van der Waals surface area contributed by atoms with Gasteiger partial charge in [0.25, 0.3) is 0 Å². The lowest BCUT2D eigenvalue weighted by molar-refractivity contribution is -0.144. The Morgan fingerprint density at radius 2 is 1.88 bits per heavy atom. The number of rotatable bonds is 6. The molecule has 25 heavy (non-hydrogen) atoms. The molecule has 0 amide bonds. The zero-order valence-electron chi connectivity index (χ0n) is 14.4. The first-order chi connectivity index (χ1) is 12.3. The summed E-state index contributed by atoms with van der Waals surface area (Å²) in [6, 6.07) is 18.8. The van der Waals surface area contributed by atoms with Gasteiger partial charge in [0.15, 0.2) is 0 Å². The molecule has 0 aromatic heterocycles. The Bertz CT molecular complexity index is 724. The lowest BCUT2D eigenvalue weighted by atomic mass is 9.83. The molecule has 2 N–H and O–H groups in total. The van der Waals surface area contributed by atoms with Crippen LogP contribution in [-0.2, 0) is 4.79 Å². The molecule has 0 spiro atoms. The molecule has 2 aromatic carbocycles. The molecule has 1 aliphatic rings. The quantitative estimate of drug-likeness (QED) is 0.819. The summed E-state index contributed by atoms with van der Waals surface area (Å²) in [4.78, 5) is 11.4. The first kappa shape index (κ1) is 17.4. The Hall–Kier alpha value is -2.39. The highest BCUT2D eigenvalue weighted by Crippen LogP contribution is 2.27. The molecule has 0 unspecified atom stereocenters. The zero-order chi connectivity index (χ0) is 17.5. The molecular formula is C22H25NO2. The zero-order valence-corrected chi connectivity index (χ0v) is 14.4. The van der Waals surface area contributed by atoms with E-state index in [1.54, 1.807) is 0 Å². The van der Waals surface area contributed by atoms with Crippen molar-refractivity contribution in [1.29, 1.82) is 0 Å². The maximum atomic E-state index is 11.4. The second-order valence-electron chi connectivity index (χ2n) is 6.63. The highest BCUT2D eigenvalue weighted by Gasteiger charge is 2.29. The topological polar surface area (TPSA) is 49.3 Å². The Labute approximate surface area is 149 Å². The van der Waals surface area contributed by atoms with Crippen LogP contribution in [0.3, 0.4) is 0 Å². The van der Waals surface area contributed by atoms with Gasteiger partial charge in [0.2, 0.25) is 0 Å². The Morgan fingerprint density at radius 3 is 2.68 bits per heavy atom. The third-order valence-electron chi connectivity index (χ3n) is 4.99. The molecule has 3 nitrogen and oxygen atoms in total. The van der Waals surface area contributed by atoms with Crippen LogP contribution < -0.4 is 5.32 Å². The Kier molecular flexibility index (Phi) is 6.02. The molecule has 0 radical (unpaired) electrons. The fourth-order valence-corrected chi connectivity index (χ4v) is 3.59. The highest BCUT2D eigenvalue weighted by atomic mass is 16.4. The molecular weight excluding hydrogens is 310 g/mol. The van der Waals surface area contributed by atoms with E-state index < -0.39 is 5.97 Å². The molecule has 2 aromatic rings. The lowest BCUT2D eigenvalue weighted by Gasteiger charge is -2.28. The number of carbonyl (C=O) groups is 1. The van der Waals surface area contributed by atoms with Crippen LogP contribution in [0.5, 0.6) is 0 Å². The average molecular weight is 335 g/mol. The molecule has 1 aliphatic heterocycles. The van der Waals surface area contributed by atoms with Crippen LogP contribution in [0.1, 0.15) is 24.8 Å². The van der Waals surface area contributed by atoms with Crippen LogP contribution in [0.4, 0.5) is 0 Å². The molecule has 0 bridgehead atoms. The standard InChI is InChI=1S/C22H25NO2/c24-22(25)21-16-23-15-14-19(21)12-5-4-10-18-11-6-7-13-20(18)17-8-2-1-3-9-17/h1-4,6-11,13,19,21,23H,5,12,14-16H2,(H,24,25)/b10-4+/t19-,21-/m0/s1. The van der Waals surface area contributed by atoms with Gasteiger partial charge in [0.1, 0.15) is 0 Å². The summed E-state index contributed by atoms with van der Waals surface area (Å²) in [5.74, 6) is -0.651. The van der Waals surface area contributed by atoms with Gasteiger partial charge >= 0.3 is 5.97 Å². The maximum Gasteiger partial charge on any atom is 0.308 e. The van der Waals surface area contributed by atoms with Gasteiger partial charge in [-0.15, -0.1) is 0 Å². The van der Waals surface area contributed by atoms with E-state index in [4.69, 9.17) is 0 Å². The van der Waals surface area contributed by atoms with Crippen LogP contribution in [0, 0.1) is 11.8 Å². The highest BCUT2D eigenvalue weighted by molar-refractivity contribution is 5.75. The van der Waals surface area contributed by atoms with Gasteiger partial charge in [0, 0.05) is 6.54 Å². The second kappa shape index (κ2) is 8.63. The van der Waals surface area contributed by atoms with Gasteiger partial charge in [0.05, 0.1) is 5.92 Å². The van der Waals surface area contributed by atoms with E-state index in [0.717, 1.165) is 25.8 Å². The number of benzene rings is 2. The first-order valence-corrected chi connectivity index (χ1v) is 9.00. The first-order valence-electron chi connectivity index (χ1n) is 9.00.